The molecule has 1 aromatic carbocycles. The summed E-state index contributed by atoms with van der Waals surface area (Å²) in [5.41, 5.74) is 0.736. The van der Waals surface area contributed by atoms with Crippen LogP contribution in [0.5, 0.6) is 0 Å². The van der Waals surface area contributed by atoms with Crippen LogP contribution in [0.15, 0.2) is 34.7 Å². The van der Waals surface area contributed by atoms with Crippen molar-refractivity contribution >= 4 is 16.8 Å². The van der Waals surface area contributed by atoms with Crippen molar-refractivity contribution in [2.24, 2.45) is 0 Å². The molecule has 1 saturated heterocycles. The number of ether oxygens (including phenoxy) is 2. The van der Waals surface area contributed by atoms with Gasteiger partial charge in [-0.3, -0.25) is 9.53 Å². The van der Waals surface area contributed by atoms with E-state index in [1.807, 2.05) is 0 Å². The number of hydrogen-bond donors (Lipinski definition) is 1. The number of alkyl halides is 3. The third-order valence-corrected chi connectivity index (χ3v) is 5.97. The van der Waals surface area contributed by atoms with E-state index in [0.29, 0.717) is 23.7 Å². The van der Waals surface area contributed by atoms with Crippen LogP contribution >= 0.6 is 0 Å². The standard InChI is InChI=1S/C22H20F4N4O4/c23-13-2-5-16-11(7-13)1-4-17(28-16)19(31)27-14-3-6-18(32-10-14)21-30-29-20(33-21)12-8-15(9-12)34-22(24,25)26/h1-2,4-5,7,12,14-15,18H,3,6,8-10H2,(H,27,31)/t12?,14-,15?,18+/m1/s1. The van der Waals surface area contributed by atoms with Crippen LogP contribution in [0.3, 0.4) is 0 Å². The fourth-order valence-corrected chi connectivity index (χ4v) is 4.14. The molecule has 2 atom stereocenters. The smallest absolute Gasteiger partial charge is 0.422 e. The molecular weight excluding hydrogens is 460 g/mol. The monoisotopic (exact) mass is 480 g/mol. The van der Waals surface area contributed by atoms with E-state index in [1.165, 1.54) is 24.3 Å². The third kappa shape index (κ3) is 5.02. The lowest BCUT2D eigenvalue weighted by molar-refractivity contribution is -0.352. The van der Waals surface area contributed by atoms with Crippen LogP contribution < -0.4 is 5.32 Å². The molecular formula is C22H20F4N4O4. The highest BCUT2D eigenvalue weighted by Crippen LogP contribution is 2.41. The first-order valence-corrected chi connectivity index (χ1v) is 10.8. The fourth-order valence-electron chi connectivity index (χ4n) is 4.14. The molecule has 0 bridgehead atoms. The van der Waals surface area contributed by atoms with Crippen LogP contribution in [0, 0.1) is 5.82 Å². The maximum absolute atomic E-state index is 13.3. The van der Waals surface area contributed by atoms with Gasteiger partial charge in [0.25, 0.3) is 5.91 Å². The fraction of sp³-hybridized carbons (Fsp3) is 0.455. The molecule has 180 valence electrons. The van der Waals surface area contributed by atoms with Crippen molar-refractivity contribution < 1.29 is 36.2 Å². The van der Waals surface area contributed by atoms with Gasteiger partial charge >= 0.3 is 6.36 Å². The quantitative estimate of drug-likeness (QED) is 0.547. The Morgan fingerprint density at radius 3 is 2.62 bits per heavy atom. The summed E-state index contributed by atoms with van der Waals surface area (Å²) in [6.07, 6.45) is -4.56. The maximum atomic E-state index is 13.3. The lowest BCUT2D eigenvalue weighted by Crippen LogP contribution is -2.41. The predicted molar refractivity (Wildman–Crippen MR) is 108 cm³/mol. The summed E-state index contributed by atoms with van der Waals surface area (Å²) >= 11 is 0. The van der Waals surface area contributed by atoms with Crippen LogP contribution in [-0.4, -0.2) is 46.2 Å². The van der Waals surface area contributed by atoms with E-state index in [0.717, 1.165) is 0 Å². The van der Waals surface area contributed by atoms with Crippen molar-refractivity contribution in [2.45, 2.75) is 56.2 Å². The van der Waals surface area contributed by atoms with E-state index in [1.54, 1.807) is 6.07 Å². The van der Waals surface area contributed by atoms with Gasteiger partial charge in [0.2, 0.25) is 11.8 Å². The molecule has 2 aromatic heterocycles. The van der Waals surface area contributed by atoms with Gasteiger partial charge in [-0.15, -0.1) is 23.4 Å². The number of carbonyl (C=O) groups excluding carboxylic acids is 1. The van der Waals surface area contributed by atoms with Crippen LogP contribution in [0.1, 0.15) is 60.0 Å². The minimum atomic E-state index is -4.65. The largest absolute Gasteiger partial charge is 0.522 e. The zero-order valence-electron chi connectivity index (χ0n) is 17.7. The van der Waals surface area contributed by atoms with Gasteiger partial charge in [0.05, 0.1) is 24.3 Å². The Hall–Kier alpha value is -3.12. The Labute approximate surface area is 190 Å². The van der Waals surface area contributed by atoms with E-state index in [9.17, 15) is 22.4 Å². The number of fused-ring (bicyclic) bond motifs is 1. The Balaban J connectivity index is 1.12. The summed E-state index contributed by atoms with van der Waals surface area (Å²) in [6, 6.07) is 7.08. The minimum Gasteiger partial charge on any atom is -0.422 e. The van der Waals surface area contributed by atoms with Crippen molar-refractivity contribution in [3.63, 3.8) is 0 Å². The van der Waals surface area contributed by atoms with Crippen LogP contribution in [-0.2, 0) is 9.47 Å². The van der Waals surface area contributed by atoms with Gasteiger partial charge in [0.1, 0.15) is 17.6 Å². The number of benzene rings is 1. The minimum absolute atomic E-state index is 0.165. The van der Waals surface area contributed by atoms with Crippen LogP contribution in [0.4, 0.5) is 17.6 Å². The Morgan fingerprint density at radius 1 is 1.09 bits per heavy atom. The zero-order chi connectivity index (χ0) is 23.9. The van der Waals surface area contributed by atoms with E-state index in [2.05, 4.69) is 25.2 Å². The molecule has 2 fully saturated rings. The molecule has 2 aliphatic rings. The molecule has 1 amide bonds. The maximum Gasteiger partial charge on any atom is 0.522 e. The number of pyridine rings is 1. The van der Waals surface area contributed by atoms with E-state index in [4.69, 9.17) is 9.15 Å². The molecule has 0 unspecified atom stereocenters. The molecule has 5 rings (SSSR count). The molecule has 1 aliphatic heterocycles. The molecule has 0 radical (unpaired) electrons. The molecule has 34 heavy (non-hydrogen) atoms. The van der Waals surface area contributed by atoms with E-state index in [-0.39, 0.29) is 60.6 Å². The lowest BCUT2D eigenvalue weighted by atomic mass is 9.82. The van der Waals surface area contributed by atoms with Gasteiger partial charge in [-0.2, -0.15) is 0 Å². The number of halogens is 4. The molecule has 1 N–H and O–H groups in total. The summed E-state index contributed by atoms with van der Waals surface area (Å²) in [7, 11) is 0. The number of carbonyl (C=O) groups is 1. The van der Waals surface area contributed by atoms with Crippen molar-refractivity contribution in [2.75, 3.05) is 6.61 Å². The SMILES string of the molecule is O=C(N[C@@H]1CC[C@@H](c2nnc(C3CC(OC(F)(F)F)C3)o2)OC1)c1ccc2cc(F)ccc2n1. The van der Waals surface area contributed by atoms with E-state index >= 15 is 0 Å². The van der Waals surface area contributed by atoms with E-state index < -0.39 is 18.6 Å². The Bertz CT molecular complexity index is 1190. The number of nitrogens with zero attached hydrogens (tertiary/aromatic N) is 3. The number of amides is 1. The highest BCUT2D eigenvalue weighted by molar-refractivity contribution is 5.95. The van der Waals surface area contributed by atoms with Gasteiger partial charge in [0, 0.05) is 11.3 Å². The first-order chi connectivity index (χ1) is 16.2. The van der Waals surface area contributed by atoms with Crippen molar-refractivity contribution in [3.05, 3.63) is 53.6 Å². The third-order valence-electron chi connectivity index (χ3n) is 5.97. The van der Waals surface area contributed by atoms with Gasteiger partial charge in [-0.25, -0.2) is 9.37 Å². The molecule has 12 heteroatoms. The first-order valence-electron chi connectivity index (χ1n) is 10.8. The number of aromatic nitrogens is 3. The van der Waals surface area contributed by atoms with Gasteiger partial charge < -0.3 is 14.5 Å². The first kappa shape index (κ1) is 22.7. The van der Waals surface area contributed by atoms with Gasteiger partial charge in [-0.1, -0.05) is 6.07 Å². The molecule has 0 spiro atoms. The van der Waals surface area contributed by atoms with Gasteiger partial charge in [-0.05, 0) is 49.9 Å². The molecule has 8 nitrogen and oxygen atoms in total. The molecule has 1 aliphatic carbocycles. The number of rotatable bonds is 5. The second-order valence-corrected chi connectivity index (χ2v) is 8.44. The Morgan fingerprint density at radius 2 is 1.88 bits per heavy atom. The summed E-state index contributed by atoms with van der Waals surface area (Å²) < 4.78 is 65.5. The molecule has 1 saturated carbocycles. The second-order valence-electron chi connectivity index (χ2n) is 8.44. The summed E-state index contributed by atoms with van der Waals surface area (Å²) in [5, 5.41) is 11.4. The predicted octanol–water partition coefficient (Wildman–Crippen LogP) is 4.19. The number of hydrogen-bond acceptors (Lipinski definition) is 7. The normalized spacial score (nSPS) is 25.2. The molecule has 3 aromatic rings. The summed E-state index contributed by atoms with van der Waals surface area (Å²) in [4.78, 5) is 16.9. The van der Waals surface area contributed by atoms with Crippen LogP contribution in [0.2, 0.25) is 0 Å². The summed E-state index contributed by atoms with van der Waals surface area (Å²) in [6.45, 7) is 0.220. The van der Waals surface area contributed by atoms with Gasteiger partial charge in [0.15, 0.2) is 0 Å². The number of nitrogens with one attached hydrogen (secondary N) is 1. The van der Waals surface area contributed by atoms with Crippen LogP contribution in [0.25, 0.3) is 10.9 Å². The van der Waals surface area contributed by atoms with Crippen molar-refractivity contribution in [1.29, 1.82) is 0 Å². The summed E-state index contributed by atoms with van der Waals surface area (Å²) in [5.74, 6) is -0.461. The Kier molecular flexibility index (Phi) is 5.94. The van der Waals surface area contributed by atoms with Crippen molar-refractivity contribution in [1.82, 2.24) is 20.5 Å². The highest BCUT2D eigenvalue weighted by atomic mass is 19.4. The zero-order valence-corrected chi connectivity index (χ0v) is 17.7. The average molecular weight is 480 g/mol. The second kappa shape index (κ2) is 8.91. The average Bonchev–Trinajstić information content (AvgIpc) is 3.25. The topological polar surface area (TPSA) is 99.4 Å². The molecule has 3 heterocycles. The van der Waals surface area contributed by atoms with Crippen molar-refractivity contribution in [3.8, 4) is 0 Å². The lowest BCUT2D eigenvalue weighted by Gasteiger charge is -2.33. The highest BCUT2D eigenvalue weighted by Gasteiger charge is 2.42.